The molecule has 1 aromatic heterocycles. The smallest absolute Gasteiger partial charge is 0.250 e. The molecular formula is C16H19N3O2. The highest BCUT2D eigenvalue weighted by Gasteiger charge is 2.07. The van der Waals surface area contributed by atoms with Crippen molar-refractivity contribution in [2.24, 2.45) is 0 Å². The number of carbonyl (C=O) groups is 1. The Morgan fingerprint density at radius 2 is 2.14 bits per heavy atom. The Morgan fingerprint density at radius 1 is 1.29 bits per heavy atom. The second kappa shape index (κ2) is 7.40. The lowest BCUT2D eigenvalue weighted by atomic mass is 10.1. The summed E-state index contributed by atoms with van der Waals surface area (Å²) in [5.41, 5.74) is 8.91. The molecule has 0 radical (unpaired) electrons. The minimum Gasteiger partial charge on any atom is -0.397 e. The number of amides is 1. The van der Waals surface area contributed by atoms with E-state index >= 15 is 0 Å². The van der Waals surface area contributed by atoms with Crippen LogP contribution in [-0.4, -0.2) is 24.1 Å². The number of hydrogen-bond donors (Lipinski definition) is 2. The van der Waals surface area contributed by atoms with Crippen molar-refractivity contribution >= 4 is 17.3 Å². The molecule has 0 unspecified atom stereocenters. The largest absolute Gasteiger partial charge is 0.397 e. The number of nitrogens with two attached hydrogens (primary N) is 1. The topological polar surface area (TPSA) is 77.2 Å². The fourth-order valence-corrected chi connectivity index (χ4v) is 1.92. The molecule has 0 aliphatic heterocycles. The number of pyridine rings is 1. The van der Waals surface area contributed by atoms with Gasteiger partial charge in [0.15, 0.2) is 0 Å². The van der Waals surface area contributed by atoms with Crippen LogP contribution in [0, 0.1) is 6.92 Å². The number of carbonyl (C=O) groups excluding carboxylic acids is 1. The second-order valence-electron chi connectivity index (χ2n) is 4.71. The first kappa shape index (κ1) is 15.0. The summed E-state index contributed by atoms with van der Waals surface area (Å²) < 4.78 is 5.36. The zero-order chi connectivity index (χ0) is 15.1. The summed E-state index contributed by atoms with van der Waals surface area (Å²) in [5, 5.41) is 2.77. The van der Waals surface area contributed by atoms with Crippen molar-refractivity contribution in [2.45, 2.75) is 13.3 Å². The Bertz CT molecular complexity index is 579. The zero-order valence-corrected chi connectivity index (χ0v) is 12.0. The van der Waals surface area contributed by atoms with Crippen LogP contribution in [0.5, 0.6) is 0 Å². The van der Waals surface area contributed by atoms with Crippen LogP contribution in [0.25, 0.3) is 0 Å². The first-order chi connectivity index (χ1) is 10.2. The number of para-hydroxylation sites is 1. The maximum atomic E-state index is 11.8. The third-order valence-corrected chi connectivity index (χ3v) is 3.03. The number of benzene rings is 1. The van der Waals surface area contributed by atoms with Crippen molar-refractivity contribution < 1.29 is 9.53 Å². The Morgan fingerprint density at radius 3 is 2.86 bits per heavy atom. The molecule has 110 valence electrons. The second-order valence-corrected chi connectivity index (χ2v) is 4.71. The number of nitrogen functional groups attached to an aromatic ring is 1. The highest BCUT2D eigenvalue weighted by atomic mass is 16.5. The molecule has 0 aliphatic carbocycles. The first-order valence-corrected chi connectivity index (χ1v) is 6.79. The molecule has 0 fully saturated rings. The van der Waals surface area contributed by atoms with Crippen LogP contribution < -0.4 is 11.1 Å². The third kappa shape index (κ3) is 4.57. The molecule has 1 aromatic carbocycles. The average Bonchev–Trinajstić information content (AvgIpc) is 2.49. The molecule has 0 spiro atoms. The van der Waals surface area contributed by atoms with E-state index in [2.05, 4.69) is 10.3 Å². The summed E-state index contributed by atoms with van der Waals surface area (Å²) in [5.74, 6) is -0.211. The molecule has 0 bridgehead atoms. The summed E-state index contributed by atoms with van der Waals surface area (Å²) in [6.45, 7) is 2.35. The van der Waals surface area contributed by atoms with Gasteiger partial charge in [0.05, 0.1) is 18.0 Å². The van der Waals surface area contributed by atoms with E-state index in [1.54, 1.807) is 12.3 Å². The van der Waals surface area contributed by atoms with Gasteiger partial charge in [-0.25, -0.2) is 0 Å². The van der Waals surface area contributed by atoms with Gasteiger partial charge < -0.3 is 15.8 Å². The number of nitrogens with one attached hydrogen (secondary N) is 1. The quantitative estimate of drug-likeness (QED) is 0.630. The van der Waals surface area contributed by atoms with Crippen molar-refractivity contribution in [1.82, 2.24) is 4.98 Å². The van der Waals surface area contributed by atoms with E-state index < -0.39 is 0 Å². The lowest BCUT2D eigenvalue weighted by molar-refractivity contribution is -0.120. The Labute approximate surface area is 124 Å². The molecule has 2 rings (SSSR count). The minimum atomic E-state index is -0.211. The molecule has 0 aliphatic rings. The molecule has 3 N–H and O–H groups in total. The van der Waals surface area contributed by atoms with E-state index in [9.17, 15) is 4.79 Å². The number of aromatic nitrogens is 1. The number of ether oxygens (including phenoxy) is 1. The summed E-state index contributed by atoms with van der Waals surface area (Å²) in [4.78, 5) is 16.0. The third-order valence-electron chi connectivity index (χ3n) is 3.03. The van der Waals surface area contributed by atoms with Gasteiger partial charge in [0.25, 0.3) is 0 Å². The fourth-order valence-electron chi connectivity index (χ4n) is 1.92. The van der Waals surface area contributed by atoms with E-state index in [0.717, 1.165) is 11.3 Å². The maximum absolute atomic E-state index is 11.8. The monoisotopic (exact) mass is 285 g/mol. The fraction of sp³-hybridized carbons (Fsp3) is 0.250. The molecule has 0 saturated carbocycles. The van der Waals surface area contributed by atoms with E-state index in [0.29, 0.717) is 24.4 Å². The number of hydrogen-bond acceptors (Lipinski definition) is 4. The van der Waals surface area contributed by atoms with Gasteiger partial charge in [-0.15, -0.1) is 0 Å². The molecule has 0 atom stereocenters. The van der Waals surface area contributed by atoms with Crippen LogP contribution in [0.2, 0.25) is 0 Å². The first-order valence-electron chi connectivity index (χ1n) is 6.79. The average molecular weight is 285 g/mol. The Kier molecular flexibility index (Phi) is 5.29. The predicted octanol–water partition coefficient (Wildman–Crippen LogP) is 2.17. The van der Waals surface area contributed by atoms with Gasteiger partial charge in [0.2, 0.25) is 5.91 Å². The Balaban J connectivity index is 1.75. The predicted molar refractivity (Wildman–Crippen MR) is 83.0 cm³/mol. The van der Waals surface area contributed by atoms with Gasteiger partial charge in [0, 0.05) is 18.3 Å². The standard InChI is InChI=1S/C16H19N3O2/c1-12-5-4-7-14(17)16(12)19-15(20)11-21-10-8-13-6-2-3-9-18-13/h2-7,9H,8,10-11,17H2,1H3,(H,19,20). The Hall–Kier alpha value is -2.40. The van der Waals surface area contributed by atoms with Crippen molar-refractivity contribution in [3.63, 3.8) is 0 Å². The van der Waals surface area contributed by atoms with Crippen molar-refractivity contribution in [1.29, 1.82) is 0 Å². The van der Waals surface area contributed by atoms with Crippen molar-refractivity contribution in [3.05, 3.63) is 53.9 Å². The SMILES string of the molecule is Cc1cccc(N)c1NC(=O)COCCc1ccccn1. The molecule has 2 aromatic rings. The number of aryl methyl sites for hydroxylation is 1. The number of anilines is 2. The summed E-state index contributed by atoms with van der Waals surface area (Å²) >= 11 is 0. The normalized spacial score (nSPS) is 10.3. The van der Waals surface area contributed by atoms with Crippen LogP contribution in [0.3, 0.4) is 0 Å². The van der Waals surface area contributed by atoms with E-state index in [-0.39, 0.29) is 12.5 Å². The molecule has 5 nitrogen and oxygen atoms in total. The zero-order valence-electron chi connectivity index (χ0n) is 12.0. The van der Waals surface area contributed by atoms with Crippen LogP contribution in [0.4, 0.5) is 11.4 Å². The lowest BCUT2D eigenvalue weighted by Crippen LogP contribution is -2.20. The van der Waals surface area contributed by atoms with Crippen molar-refractivity contribution in [2.75, 3.05) is 24.3 Å². The highest BCUT2D eigenvalue weighted by Crippen LogP contribution is 2.22. The minimum absolute atomic E-state index is 0.000603. The molecule has 1 amide bonds. The molecule has 1 heterocycles. The van der Waals surface area contributed by atoms with Gasteiger partial charge >= 0.3 is 0 Å². The van der Waals surface area contributed by atoms with E-state index in [1.807, 2.05) is 37.3 Å². The highest BCUT2D eigenvalue weighted by molar-refractivity contribution is 5.95. The number of nitrogens with zero attached hydrogens (tertiary/aromatic N) is 1. The van der Waals surface area contributed by atoms with Crippen LogP contribution in [0.1, 0.15) is 11.3 Å². The maximum Gasteiger partial charge on any atom is 0.250 e. The molecule has 0 saturated heterocycles. The molecule has 21 heavy (non-hydrogen) atoms. The van der Waals surface area contributed by atoms with Crippen molar-refractivity contribution in [3.8, 4) is 0 Å². The van der Waals surface area contributed by atoms with Gasteiger partial charge in [-0.05, 0) is 30.7 Å². The summed E-state index contributed by atoms with van der Waals surface area (Å²) in [6, 6.07) is 11.2. The van der Waals surface area contributed by atoms with E-state index in [1.165, 1.54) is 0 Å². The lowest BCUT2D eigenvalue weighted by Gasteiger charge is -2.11. The van der Waals surface area contributed by atoms with Gasteiger partial charge in [-0.3, -0.25) is 9.78 Å². The molecule has 5 heteroatoms. The summed E-state index contributed by atoms with van der Waals surface area (Å²) in [6.07, 6.45) is 2.42. The van der Waals surface area contributed by atoms with Crippen LogP contribution in [0.15, 0.2) is 42.6 Å². The van der Waals surface area contributed by atoms with Gasteiger partial charge in [-0.2, -0.15) is 0 Å². The molecular weight excluding hydrogens is 266 g/mol. The van der Waals surface area contributed by atoms with E-state index in [4.69, 9.17) is 10.5 Å². The van der Waals surface area contributed by atoms with Gasteiger partial charge in [0.1, 0.15) is 6.61 Å². The number of rotatable bonds is 6. The summed E-state index contributed by atoms with van der Waals surface area (Å²) in [7, 11) is 0. The van der Waals surface area contributed by atoms with Crippen LogP contribution >= 0.6 is 0 Å². The van der Waals surface area contributed by atoms with Gasteiger partial charge in [-0.1, -0.05) is 18.2 Å². The van der Waals surface area contributed by atoms with Crippen LogP contribution in [-0.2, 0) is 16.0 Å².